The maximum absolute atomic E-state index is 12.6. The Hall–Kier alpha value is -1.41. The van der Waals surface area contributed by atoms with Crippen molar-refractivity contribution in [2.75, 3.05) is 25.9 Å². The molecule has 0 saturated carbocycles. The lowest BCUT2D eigenvalue weighted by molar-refractivity contribution is 0.0938. The molecule has 1 atom stereocenters. The average molecular weight is 413 g/mol. The second-order valence-electron chi connectivity index (χ2n) is 6.40. The molecule has 2 aromatic rings. The lowest BCUT2D eigenvalue weighted by atomic mass is 10.1. The van der Waals surface area contributed by atoms with Crippen LogP contribution in [0.4, 0.5) is 0 Å². The first-order chi connectivity index (χ1) is 12.4. The molecule has 26 heavy (non-hydrogen) atoms. The highest BCUT2D eigenvalue weighted by Gasteiger charge is 2.25. The van der Waals surface area contributed by atoms with E-state index in [1.807, 2.05) is 11.4 Å². The molecule has 1 N–H and O–H groups in total. The summed E-state index contributed by atoms with van der Waals surface area (Å²) >= 11 is 7.80. The van der Waals surface area contributed by atoms with Crippen molar-refractivity contribution in [2.45, 2.75) is 23.8 Å². The zero-order valence-corrected chi connectivity index (χ0v) is 16.8. The molecule has 1 aromatic heterocycles. The smallest absolute Gasteiger partial charge is 0.252 e. The van der Waals surface area contributed by atoms with Crippen LogP contribution in [0.25, 0.3) is 0 Å². The minimum Gasteiger partial charge on any atom is -0.350 e. The maximum Gasteiger partial charge on any atom is 0.252 e. The number of amides is 1. The summed E-state index contributed by atoms with van der Waals surface area (Å²) in [4.78, 5) is 16.3. The van der Waals surface area contributed by atoms with Gasteiger partial charge >= 0.3 is 0 Å². The Morgan fingerprint density at radius 2 is 2.04 bits per heavy atom. The molecule has 1 fully saturated rings. The monoisotopic (exact) mass is 412 g/mol. The molecule has 5 nitrogen and oxygen atoms in total. The van der Waals surface area contributed by atoms with Crippen LogP contribution in [-0.2, 0) is 9.84 Å². The second kappa shape index (κ2) is 8.08. The number of carbonyl (C=O) groups is 1. The van der Waals surface area contributed by atoms with Crippen molar-refractivity contribution in [3.8, 4) is 0 Å². The third kappa shape index (κ3) is 4.46. The van der Waals surface area contributed by atoms with Gasteiger partial charge in [-0.15, -0.1) is 11.3 Å². The van der Waals surface area contributed by atoms with E-state index >= 15 is 0 Å². The fourth-order valence-electron chi connectivity index (χ4n) is 3.14. The Balaban J connectivity index is 1.76. The number of nitrogens with zero attached hydrogens (tertiary/aromatic N) is 1. The molecule has 1 unspecified atom stereocenters. The molecule has 2 heterocycles. The summed E-state index contributed by atoms with van der Waals surface area (Å²) in [6.45, 7) is 2.49. The van der Waals surface area contributed by atoms with Gasteiger partial charge in [-0.2, -0.15) is 0 Å². The van der Waals surface area contributed by atoms with Crippen molar-refractivity contribution in [3.63, 3.8) is 0 Å². The predicted molar refractivity (Wildman–Crippen MR) is 105 cm³/mol. The summed E-state index contributed by atoms with van der Waals surface area (Å²) in [5.41, 5.74) is 0.181. The van der Waals surface area contributed by atoms with Crippen LogP contribution in [0.3, 0.4) is 0 Å². The van der Waals surface area contributed by atoms with Gasteiger partial charge in [0.05, 0.1) is 21.5 Å². The van der Waals surface area contributed by atoms with Crippen molar-refractivity contribution < 1.29 is 13.2 Å². The van der Waals surface area contributed by atoms with Crippen LogP contribution in [0.15, 0.2) is 40.6 Å². The quantitative estimate of drug-likeness (QED) is 0.789. The molecule has 0 bridgehead atoms. The average Bonchev–Trinajstić information content (AvgIpc) is 3.28. The number of rotatable bonds is 6. The molecule has 3 rings (SSSR count). The number of hydrogen-bond acceptors (Lipinski definition) is 5. The highest BCUT2D eigenvalue weighted by molar-refractivity contribution is 7.90. The first-order valence-corrected chi connectivity index (χ1v) is 11.6. The van der Waals surface area contributed by atoms with Gasteiger partial charge in [0.2, 0.25) is 0 Å². The van der Waals surface area contributed by atoms with Crippen molar-refractivity contribution in [2.24, 2.45) is 0 Å². The Bertz CT molecular complexity index is 876. The standard InChI is InChI=1S/C18H21ClN2O3S2/c1-26(23,24)13-6-7-15(19)14(11-13)18(22)20-12-16(17-5-4-10-25-17)21-8-2-3-9-21/h4-7,10-11,16H,2-3,8-9,12H2,1H3,(H,20,22). The van der Waals surface area contributed by atoms with Gasteiger partial charge < -0.3 is 5.32 Å². The minimum atomic E-state index is -3.40. The van der Waals surface area contributed by atoms with Crippen molar-refractivity contribution >= 4 is 38.7 Å². The summed E-state index contributed by atoms with van der Waals surface area (Å²) in [5, 5.41) is 5.20. The van der Waals surface area contributed by atoms with E-state index in [-0.39, 0.29) is 27.4 Å². The lowest BCUT2D eigenvalue weighted by Gasteiger charge is -2.27. The Kier molecular flexibility index (Phi) is 6.02. The van der Waals surface area contributed by atoms with Gasteiger partial charge in [0.15, 0.2) is 9.84 Å². The van der Waals surface area contributed by atoms with E-state index in [4.69, 9.17) is 11.6 Å². The first kappa shape index (κ1) is 19.4. The second-order valence-corrected chi connectivity index (χ2v) is 9.80. The molecule has 140 valence electrons. The van der Waals surface area contributed by atoms with E-state index in [9.17, 15) is 13.2 Å². The van der Waals surface area contributed by atoms with Crippen LogP contribution in [0.1, 0.15) is 34.1 Å². The molecular formula is C18H21ClN2O3S2. The third-order valence-electron chi connectivity index (χ3n) is 4.52. The predicted octanol–water partition coefficient (Wildman–Crippen LogP) is 3.37. The number of nitrogens with one attached hydrogen (secondary N) is 1. The Labute approximate surface area is 162 Å². The van der Waals surface area contributed by atoms with E-state index in [1.165, 1.54) is 23.1 Å². The van der Waals surface area contributed by atoms with Crippen LogP contribution in [0, 0.1) is 0 Å². The number of hydrogen-bond donors (Lipinski definition) is 1. The number of halogens is 1. The van der Waals surface area contributed by atoms with Crippen LogP contribution < -0.4 is 5.32 Å². The fraction of sp³-hybridized carbons (Fsp3) is 0.389. The third-order valence-corrected chi connectivity index (χ3v) is 6.93. The number of likely N-dealkylation sites (tertiary alicyclic amines) is 1. The summed E-state index contributed by atoms with van der Waals surface area (Å²) in [6.07, 6.45) is 3.44. The molecule has 1 amide bonds. The molecule has 1 aromatic carbocycles. The number of thiophene rings is 1. The first-order valence-electron chi connectivity index (χ1n) is 8.41. The lowest BCUT2D eigenvalue weighted by Crippen LogP contribution is -2.36. The largest absolute Gasteiger partial charge is 0.350 e. The zero-order valence-electron chi connectivity index (χ0n) is 14.4. The van der Waals surface area contributed by atoms with Gasteiger partial charge in [-0.3, -0.25) is 9.69 Å². The van der Waals surface area contributed by atoms with Gasteiger partial charge in [0.1, 0.15) is 0 Å². The van der Waals surface area contributed by atoms with Crippen LogP contribution >= 0.6 is 22.9 Å². The van der Waals surface area contributed by atoms with Crippen molar-refractivity contribution in [3.05, 3.63) is 51.2 Å². The normalized spacial score (nSPS) is 16.5. The van der Waals surface area contributed by atoms with Gasteiger partial charge in [0.25, 0.3) is 5.91 Å². The topological polar surface area (TPSA) is 66.5 Å². The SMILES string of the molecule is CS(=O)(=O)c1ccc(Cl)c(C(=O)NCC(c2cccs2)N2CCCC2)c1. The number of benzene rings is 1. The van der Waals surface area contributed by atoms with Gasteiger partial charge in [0, 0.05) is 17.7 Å². The molecule has 0 radical (unpaired) electrons. The summed E-state index contributed by atoms with van der Waals surface area (Å²) in [6, 6.07) is 8.41. The Morgan fingerprint density at radius 1 is 1.31 bits per heavy atom. The van der Waals surface area contributed by atoms with Gasteiger partial charge in [-0.25, -0.2) is 8.42 Å². The molecule has 1 aliphatic heterocycles. The van der Waals surface area contributed by atoms with Crippen molar-refractivity contribution in [1.29, 1.82) is 0 Å². The maximum atomic E-state index is 12.6. The molecule has 1 aliphatic rings. The van der Waals surface area contributed by atoms with Crippen LogP contribution in [-0.4, -0.2) is 45.1 Å². The summed E-state index contributed by atoms with van der Waals surface area (Å²) in [7, 11) is -3.40. The van der Waals surface area contributed by atoms with Gasteiger partial charge in [-0.05, 0) is 55.6 Å². The fourth-order valence-corrected chi connectivity index (χ4v) is 4.85. The minimum absolute atomic E-state index is 0.0846. The molecule has 0 spiro atoms. The van der Waals surface area contributed by atoms with E-state index < -0.39 is 9.84 Å². The van der Waals surface area contributed by atoms with E-state index in [2.05, 4.69) is 16.3 Å². The van der Waals surface area contributed by atoms with Gasteiger partial charge in [-0.1, -0.05) is 17.7 Å². The van der Waals surface area contributed by atoms with E-state index in [1.54, 1.807) is 11.3 Å². The van der Waals surface area contributed by atoms with Crippen LogP contribution in [0.2, 0.25) is 5.02 Å². The summed E-state index contributed by atoms with van der Waals surface area (Å²) < 4.78 is 23.5. The zero-order chi connectivity index (χ0) is 18.7. The number of carbonyl (C=O) groups excluding carboxylic acids is 1. The number of sulfone groups is 1. The molecule has 1 saturated heterocycles. The molecule has 0 aliphatic carbocycles. The molecule has 8 heteroatoms. The highest BCUT2D eigenvalue weighted by atomic mass is 35.5. The van der Waals surface area contributed by atoms with Crippen molar-refractivity contribution in [1.82, 2.24) is 10.2 Å². The van der Waals surface area contributed by atoms with Crippen LogP contribution in [0.5, 0.6) is 0 Å². The molecular weight excluding hydrogens is 392 g/mol. The Morgan fingerprint density at radius 3 is 2.65 bits per heavy atom. The highest BCUT2D eigenvalue weighted by Crippen LogP contribution is 2.28. The van der Waals surface area contributed by atoms with E-state index in [0.29, 0.717) is 6.54 Å². The van der Waals surface area contributed by atoms with E-state index in [0.717, 1.165) is 32.2 Å². The summed E-state index contributed by atoms with van der Waals surface area (Å²) in [5.74, 6) is -0.360.